The second-order valence-corrected chi connectivity index (χ2v) is 5.83. The van der Waals surface area contributed by atoms with Crippen LogP contribution in [0.4, 0.5) is 10.2 Å². The maximum Gasteiger partial charge on any atom is 0.275 e. The van der Waals surface area contributed by atoms with Gasteiger partial charge in [-0.25, -0.2) is 19.3 Å². The molecule has 0 saturated carbocycles. The second-order valence-electron chi connectivity index (χ2n) is 4.83. The molecule has 0 radical (unpaired) electrons. The first-order valence-electron chi connectivity index (χ1n) is 6.77. The van der Waals surface area contributed by atoms with Gasteiger partial charge < -0.3 is 5.32 Å². The van der Waals surface area contributed by atoms with Crippen molar-refractivity contribution in [1.82, 2.24) is 19.5 Å². The molecule has 114 valence electrons. The molecule has 4 aromatic rings. The van der Waals surface area contributed by atoms with Crippen LogP contribution >= 0.6 is 11.3 Å². The van der Waals surface area contributed by atoms with E-state index in [2.05, 4.69) is 20.3 Å². The van der Waals surface area contributed by atoms with Crippen molar-refractivity contribution in [2.45, 2.75) is 0 Å². The molecule has 23 heavy (non-hydrogen) atoms. The molecule has 0 amide bonds. The van der Waals surface area contributed by atoms with Gasteiger partial charge in [-0.3, -0.25) is 9.36 Å². The van der Waals surface area contributed by atoms with E-state index < -0.39 is 0 Å². The molecule has 3 heterocycles. The zero-order valence-corrected chi connectivity index (χ0v) is 12.8. The lowest BCUT2D eigenvalue weighted by Crippen LogP contribution is -2.17. The highest BCUT2D eigenvalue weighted by Gasteiger charge is 2.16. The lowest BCUT2D eigenvalue weighted by molar-refractivity contribution is 0.627. The number of hydrogen-bond donors (Lipinski definition) is 1. The van der Waals surface area contributed by atoms with Gasteiger partial charge in [-0.2, -0.15) is 0 Å². The van der Waals surface area contributed by atoms with Gasteiger partial charge in [0.15, 0.2) is 0 Å². The van der Waals surface area contributed by atoms with Crippen LogP contribution in [0.25, 0.3) is 26.1 Å². The predicted molar refractivity (Wildman–Crippen MR) is 87.8 cm³/mol. The van der Waals surface area contributed by atoms with Crippen molar-refractivity contribution in [3.05, 3.63) is 53.1 Å². The van der Waals surface area contributed by atoms with Crippen molar-refractivity contribution in [3.63, 3.8) is 0 Å². The summed E-state index contributed by atoms with van der Waals surface area (Å²) in [4.78, 5) is 26.2. The van der Waals surface area contributed by atoms with Gasteiger partial charge in [-0.05, 0) is 24.3 Å². The van der Waals surface area contributed by atoms with Crippen LogP contribution in [0.1, 0.15) is 0 Å². The largest absolute Gasteiger partial charge is 0.372 e. The van der Waals surface area contributed by atoms with Crippen molar-refractivity contribution in [3.8, 4) is 5.69 Å². The van der Waals surface area contributed by atoms with E-state index in [1.54, 1.807) is 7.05 Å². The molecule has 4 rings (SSSR count). The van der Waals surface area contributed by atoms with Crippen LogP contribution < -0.4 is 10.9 Å². The summed E-state index contributed by atoms with van der Waals surface area (Å²) in [5, 5.41) is 3.72. The molecule has 0 spiro atoms. The second kappa shape index (κ2) is 5.10. The van der Waals surface area contributed by atoms with Crippen LogP contribution in [-0.2, 0) is 0 Å². The van der Waals surface area contributed by atoms with E-state index in [-0.39, 0.29) is 11.4 Å². The molecule has 0 saturated heterocycles. The molecule has 1 N–H and O–H groups in total. The fraction of sp³-hybridized carbons (Fsp3) is 0.0667. The number of aromatic nitrogens is 4. The molecule has 0 atom stereocenters. The van der Waals surface area contributed by atoms with Crippen LogP contribution in [-0.4, -0.2) is 26.6 Å². The summed E-state index contributed by atoms with van der Waals surface area (Å²) in [5.41, 5.74) is 0.910. The lowest BCUT2D eigenvalue weighted by atomic mass is 10.3. The fourth-order valence-electron chi connectivity index (χ4n) is 2.44. The van der Waals surface area contributed by atoms with Crippen molar-refractivity contribution < 1.29 is 4.39 Å². The van der Waals surface area contributed by atoms with Crippen LogP contribution in [0, 0.1) is 5.82 Å². The van der Waals surface area contributed by atoms with E-state index in [0.717, 1.165) is 5.39 Å². The van der Waals surface area contributed by atoms with E-state index in [4.69, 9.17) is 0 Å². The normalized spacial score (nSPS) is 11.2. The Kier molecular flexibility index (Phi) is 3.05. The first-order valence-corrected chi connectivity index (χ1v) is 7.59. The van der Waals surface area contributed by atoms with Crippen LogP contribution in [0.15, 0.2) is 41.7 Å². The maximum atomic E-state index is 13.1. The third-order valence-corrected chi connectivity index (χ3v) is 4.60. The average molecular weight is 327 g/mol. The SMILES string of the molecule is CNc1ncnc2sc3c(=O)n(-c4ccc(F)cc4)cnc3c12. The monoisotopic (exact) mass is 327 g/mol. The average Bonchev–Trinajstić information content (AvgIpc) is 2.96. The van der Waals surface area contributed by atoms with Gasteiger partial charge in [0.1, 0.15) is 39.3 Å². The summed E-state index contributed by atoms with van der Waals surface area (Å²) < 4.78 is 14.9. The van der Waals surface area contributed by atoms with Gasteiger partial charge in [0.2, 0.25) is 0 Å². The van der Waals surface area contributed by atoms with Gasteiger partial charge in [0.25, 0.3) is 5.56 Å². The Hall–Kier alpha value is -2.87. The predicted octanol–water partition coefficient (Wildman–Crippen LogP) is 2.57. The Morgan fingerprint density at radius 2 is 1.96 bits per heavy atom. The van der Waals surface area contributed by atoms with Crippen molar-refractivity contribution in [1.29, 1.82) is 0 Å². The molecule has 0 unspecified atom stereocenters. The maximum absolute atomic E-state index is 13.1. The minimum Gasteiger partial charge on any atom is -0.372 e. The molecule has 0 fully saturated rings. The number of benzene rings is 1. The summed E-state index contributed by atoms with van der Waals surface area (Å²) in [6.45, 7) is 0. The van der Waals surface area contributed by atoms with E-state index in [9.17, 15) is 9.18 Å². The summed E-state index contributed by atoms with van der Waals surface area (Å²) >= 11 is 1.27. The highest BCUT2D eigenvalue weighted by atomic mass is 32.1. The van der Waals surface area contributed by atoms with Gasteiger partial charge in [0, 0.05) is 7.05 Å². The topological polar surface area (TPSA) is 72.7 Å². The van der Waals surface area contributed by atoms with Crippen LogP contribution in [0.5, 0.6) is 0 Å². The van der Waals surface area contributed by atoms with E-state index in [1.807, 2.05) is 0 Å². The number of nitrogens with zero attached hydrogens (tertiary/aromatic N) is 4. The number of thiophene rings is 1. The molecule has 0 aliphatic heterocycles. The summed E-state index contributed by atoms with van der Waals surface area (Å²) in [7, 11) is 1.75. The van der Waals surface area contributed by atoms with Crippen LogP contribution in [0.3, 0.4) is 0 Å². The summed E-state index contributed by atoms with van der Waals surface area (Å²) in [5.74, 6) is 0.277. The Bertz CT molecular complexity index is 1090. The molecule has 0 bridgehead atoms. The van der Waals surface area contributed by atoms with E-state index in [1.165, 1.54) is 52.8 Å². The third-order valence-electron chi connectivity index (χ3n) is 3.52. The molecule has 0 aliphatic rings. The van der Waals surface area contributed by atoms with Crippen molar-refractivity contribution in [2.75, 3.05) is 12.4 Å². The minimum atomic E-state index is -0.355. The molecule has 0 aliphatic carbocycles. The smallest absolute Gasteiger partial charge is 0.275 e. The number of anilines is 1. The summed E-state index contributed by atoms with van der Waals surface area (Å²) in [6.07, 6.45) is 2.89. The quantitative estimate of drug-likeness (QED) is 0.612. The van der Waals surface area contributed by atoms with Gasteiger partial charge in [-0.1, -0.05) is 0 Å². The number of nitrogens with one attached hydrogen (secondary N) is 1. The lowest BCUT2D eigenvalue weighted by Gasteiger charge is -2.05. The molecular weight excluding hydrogens is 317 g/mol. The molecule has 8 heteroatoms. The van der Waals surface area contributed by atoms with E-state index in [0.29, 0.717) is 26.6 Å². The molecular formula is C15H10FN5OS. The minimum absolute atomic E-state index is 0.216. The number of fused-ring (bicyclic) bond motifs is 3. The number of halogens is 1. The summed E-state index contributed by atoms with van der Waals surface area (Å²) in [6, 6.07) is 5.69. The van der Waals surface area contributed by atoms with Gasteiger partial charge in [-0.15, -0.1) is 11.3 Å². The zero-order chi connectivity index (χ0) is 16.0. The zero-order valence-electron chi connectivity index (χ0n) is 11.9. The highest BCUT2D eigenvalue weighted by Crippen LogP contribution is 2.32. The fourth-order valence-corrected chi connectivity index (χ4v) is 3.47. The Balaban J connectivity index is 2.04. The number of hydrogen-bond acceptors (Lipinski definition) is 6. The molecule has 3 aromatic heterocycles. The molecule has 6 nitrogen and oxygen atoms in total. The Morgan fingerprint density at radius 1 is 1.17 bits per heavy atom. The van der Waals surface area contributed by atoms with Crippen LogP contribution in [0.2, 0.25) is 0 Å². The van der Waals surface area contributed by atoms with Crippen molar-refractivity contribution in [2.24, 2.45) is 0 Å². The first kappa shape index (κ1) is 13.8. The van der Waals surface area contributed by atoms with Gasteiger partial charge >= 0.3 is 0 Å². The molecule has 1 aromatic carbocycles. The Labute approximate surface area is 133 Å². The van der Waals surface area contributed by atoms with Crippen molar-refractivity contribution >= 4 is 37.6 Å². The Morgan fingerprint density at radius 3 is 2.70 bits per heavy atom. The number of rotatable bonds is 2. The van der Waals surface area contributed by atoms with E-state index >= 15 is 0 Å². The van der Waals surface area contributed by atoms with Gasteiger partial charge in [0.05, 0.1) is 11.1 Å². The first-order chi connectivity index (χ1) is 11.2. The highest BCUT2D eigenvalue weighted by molar-refractivity contribution is 7.25. The standard InChI is InChI=1S/C15H10FN5OS/c1-17-13-10-11-12(23-14(10)19-6-18-13)15(22)21(7-20-11)9-4-2-8(16)3-5-9/h2-7H,1H3,(H,17,18,19). The third kappa shape index (κ3) is 2.07.